The van der Waals surface area contributed by atoms with Gasteiger partial charge in [0.2, 0.25) is 5.91 Å². The number of pyridine rings is 1. The summed E-state index contributed by atoms with van der Waals surface area (Å²) in [7, 11) is 0. The summed E-state index contributed by atoms with van der Waals surface area (Å²) in [5.41, 5.74) is 2.73. The van der Waals surface area contributed by atoms with E-state index in [-0.39, 0.29) is 11.5 Å². The number of benzene rings is 2. The average molecular weight is 472 g/mol. The summed E-state index contributed by atoms with van der Waals surface area (Å²) in [5, 5.41) is 5.55. The summed E-state index contributed by atoms with van der Waals surface area (Å²) in [5.74, 6) is 0.695. The standard InChI is InChI=1S/C27H29N5O3/c1-21(33)30-14-11-29(12-15-30)13-16-32-26-8-7-24(17-23(26)19-28-32)31-10-9-25(18-27(31)34)35-20-22-5-3-2-4-6-22/h2-10,17-19H,11-16,20H2,1H3. The molecule has 1 aliphatic rings. The lowest BCUT2D eigenvalue weighted by Gasteiger charge is -2.34. The quantitative estimate of drug-likeness (QED) is 0.415. The van der Waals surface area contributed by atoms with Crippen LogP contribution in [0.15, 0.2) is 77.9 Å². The molecule has 35 heavy (non-hydrogen) atoms. The third kappa shape index (κ3) is 5.27. The Balaban J connectivity index is 1.24. The number of amides is 1. The average Bonchev–Trinajstić information content (AvgIpc) is 3.29. The maximum atomic E-state index is 12.8. The monoisotopic (exact) mass is 471 g/mol. The van der Waals surface area contributed by atoms with Crippen LogP contribution in [0.5, 0.6) is 5.75 Å². The van der Waals surface area contributed by atoms with Crippen LogP contribution in [0, 0.1) is 0 Å². The number of ether oxygens (including phenoxy) is 1. The number of aromatic nitrogens is 3. The molecule has 0 unspecified atom stereocenters. The number of rotatable bonds is 7. The van der Waals surface area contributed by atoms with E-state index >= 15 is 0 Å². The molecule has 0 saturated carbocycles. The van der Waals surface area contributed by atoms with Gasteiger partial charge in [-0.2, -0.15) is 5.10 Å². The largest absolute Gasteiger partial charge is 0.489 e. The Hall–Kier alpha value is -3.91. The molecule has 1 fully saturated rings. The Morgan fingerprint density at radius 3 is 2.51 bits per heavy atom. The zero-order valence-corrected chi connectivity index (χ0v) is 19.8. The van der Waals surface area contributed by atoms with Crippen molar-refractivity contribution in [1.82, 2.24) is 24.1 Å². The van der Waals surface area contributed by atoms with Gasteiger partial charge >= 0.3 is 0 Å². The maximum absolute atomic E-state index is 12.8. The number of carbonyl (C=O) groups is 1. The Labute approximate surface area is 203 Å². The highest BCUT2D eigenvalue weighted by molar-refractivity contribution is 5.81. The molecule has 5 rings (SSSR count). The maximum Gasteiger partial charge on any atom is 0.258 e. The third-order valence-electron chi connectivity index (χ3n) is 6.49. The van der Waals surface area contributed by atoms with Crippen LogP contribution in [0.1, 0.15) is 12.5 Å². The van der Waals surface area contributed by atoms with Crippen LogP contribution >= 0.6 is 0 Å². The van der Waals surface area contributed by atoms with Gasteiger partial charge in [-0.25, -0.2) is 0 Å². The van der Waals surface area contributed by atoms with Crippen LogP contribution in [0.3, 0.4) is 0 Å². The van der Waals surface area contributed by atoms with E-state index in [1.807, 2.05) is 70.4 Å². The molecule has 1 aliphatic heterocycles. The van der Waals surface area contributed by atoms with E-state index in [1.54, 1.807) is 17.7 Å². The van der Waals surface area contributed by atoms with Crippen LogP contribution < -0.4 is 10.3 Å². The Morgan fingerprint density at radius 1 is 0.971 bits per heavy atom. The minimum atomic E-state index is -0.146. The highest BCUT2D eigenvalue weighted by atomic mass is 16.5. The minimum Gasteiger partial charge on any atom is -0.489 e. The fourth-order valence-electron chi connectivity index (χ4n) is 4.43. The van der Waals surface area contributed by atoms with Gasteiger partial charge in [0.25, 0.3) is 5.56 Å². The lowest BCUT2D eigenvalue weighted by molar-refractivity contribution is -0.130. The van der Waals surface area contributed by atoms with Crippen molar-refractivity contribution in [2.24, 2.45) is 0 Å². The summed E-state index contributed by atoms with van der Waals surface area (Å²) in [6, 6.07) is 19.1. The van der Waals surface area contributed by atoms with Crippen molar-refractivity contribution in [1.29, 1.82) is 0 Å². The first-order valence-corrected chi connectivity index (χ1v) is 11.9. The number of carbonyl (C=O) groups excluding carboxylic acids is 1. The number of hydrogen-bond acceptors (Lipinski definition) is 5. The fourth-order valence-corrected chi connectivity index (χ4v) is 4.43. The van der Waals surface area contributed by atoms with Crippen molar-refractivity contribution in [3.8, 4) is 11.4 Å². The summed E-state index contributed by atoms with van der Waals surface area (Å²) in [4.78, 5) is 28.5. The smallest absolute Gasteiger partial charge is 0.258 e. The number of nitrogens with zero attached hydrogens (tertiary/aromatic N) is 5. The molecule has 1 amide bonds. The third-order valence-corrected chi connectivity index (χ3v) is 6.49. The van der Waals surface area contributed by atoms with Crippen LogP contribution in [-0.2, 0) is 17.9 Å². The first-order valence-electron chi connectivity index (χ1n) is 11.9. The molecular weight excluding hydrogens is 442 g/mol. The Bertz CT molecular complexity index is 1370. The van der Waals surface area contributed by atoms with E-state index in [0.29, 0.717) is 12.4 Å². The molecule has 8 heteroatoms. The fraction of sp³-hybridized carbons (Fsp3) is 0.296. The number of fused-ring (bicyclic) bond motifs is 1. The second-order valence-corrected chi connectivity index (χ2v) is 8.80. The van der Waals surface area contributed by atoms with Crippen molar-refractivity contribution < 1.29 is 9.53 Å². The second kappa shape index (κ2) is 10.1. The normalized spacial score (nSPS) is 14.4. The van der Waals surface area contributed by atoms with E-state index in [2.05, 4.69) is 10.00 Å². The molecule has 2 aromatic carbocycles. The molecule has 0 N–H and O–H groups in total. The lowest BCUT2D eigenvalue weighted by Crippen LogP contribution is -2.48. The molecule has 0 aliphatic carbocycles. The van der Waals surface area contributed by atoms with Crippen LogP contribution in [-0.4, -0.2) is 62.8 Å². The molecule has 0 radical (unpaired) electrons. The zero-order chi connectivity index (χ0) is 24.2. The molecule has 4 aromatic rings. The predicted octanol–water partition coefficient (Wildman–Crippen LogP) is 2.93. The van der Waals surface area contributed by atoms with Gasteiger partial charge in [-0.05, 0) is 29.8 Å². The van der Waals surface area contributed by atoms with Gasteiger partial charge in [0.05, 0.1) is 18.3 Å². The van der Waals surface area contributed by atoms with E-state index in [1.165, 1.54) is 6.07 Å². The summed E-state index contributed by atoms with van der Waals surface area (Å²) < 4.78 is 9.39. The first kappa shape index (κ1) is 22.9. The van der Waals surface area contributed by atoms with Gasteiger partial charge in [0.1, 0.15) is 12.4 Å². The summed E-state index contributed by atoms with van der Waals surface area (Å²) >= 11 is 0. The van der Waals surface area contributed by atoms with Crippen molar-refractivity contribution in [3.63, 3.8) is 0 Å². The van der Waals surface area contributed by atoms with E-state index in [4.69, 9.17) is 4.74 Å². The van der Waals surface area contributed by atoms with E-state index in [0.717, 1.165) is 61.4 Å². The van der Waals surface area contributed by atoms with E-state index in [9.17, 15) is 9.59 Å². The molecule has 0 spiro atoms. The summed E-state index contributed by atoms with van der Waals surface area (Å²) in [6.45, 7) is 7.04. The van der Waals surface area contributed by atoms with Gasteiger partial charge in [-0.1, -0.05) is 30.3 Å². The van der Waals surface area contributed by atoms with Gasteiger partial charge in [-0.3, -0.25) is 23.7 Å². The molecule has 3 heterocycles. The van der Waals surface area contributed by atoms with Crippen molar-refractivity contribution in [2.45, 2.75) is 20.1 Å². The van der Waals surface area contributed by atoms with E-state index < -0.39 is 0 Å². The number of piperazine rings is 1. The first-order chi connectivity index (χ1) is 17.1. The molecule has 0 atom stereocenters. The SMILES string of the molecule is CC(=O)N1CCN(CCn2ncc3cc(-n4ccc(OCc5ccccc5)cc4=O)ccc32)CC1. The lowest BCUT2D eigenvalue weighted by atomic mass is 10.2. The van der Waals surface area contributed by atoms with Crippen molar-refractivity contribution in [3.05, 3.63) is 89.0 Å². The van der Waals surface area contributed by atoms with Crippen LogP contribution in [0.4, 0.5) is 0 Å². The van der Waals surface area contributed by atoms with Gasteiger partial charge in [0.15, 0.2) is 0 Å². The molecular formula is C27H29N5O3. The number of hydrogen-bond donors (Lipinski definition) is 0. The van der Waals surface area contributed by atoms with Crippen LogP contribution in [0.2, 0.25) is 0 Å². The van der Waals surface area contributed by atoms with Gasteiger partial charge < -0.3 is 9.64 Å². The molecule has 0 bridgehead atoms. The molecule has 180 valence electrons. The van der Waals surface area contributed by atoms with Gasteiger partial charge in [-0.15, -0.1) is 0 Å². The second-order valence-electron chi connectivity index (χ2n) is 8.80. The van der Waals surface area contributed by atoms with Crippen LogP contribution in [0.25, 0.3) is 16.6 Å². The highest BCUT2D eigenvalue weighted by Crippen LogP contribution is 2.19. The van der Waals surface area contributed by atoms with Crippen molar-refractivity contribution >= 4 is 16.8 Å². The Morgan fingerprint density at radius 2 is 1.77 bits per heavy atom. The topological polar surface area (TPSA) is 72.6 Å². The van der Waals surface area contributed by atoms with Gasteiger partial charge in [0, 0.05) is 63.0 Å². The molecule has 1 saturated heterocycles. The zero-order valence-electron chi connectivity index (χ0n) is 19.8. The molecule has 8 nitrogen and oxygen atoms in total. The Kier molecular flexibility index (Phi) is 6.63. The minimum absolute atomic E-state index is 0.145. The van der Waals surface area contributed by atoms with Crippen molar-refractivity contribution in [2.75, 3.05) is 32.7 Å². The highest BCUT2D eigenvalue weighted by Gasteiger charge is 2.18. The molecule has 2 aromatic heterocycles. The predicted molar refractivity (Wildman–Crippen MR) is 135 cm³/mol. The summed E-state index contributed by atoms with van der Waals surface area (Å²) in [6.07, 6.45) is 3.59.